The van der Waals surface area contributed by atoms with E-state index in [1.54, 1.807) is 48.6 Å². The summed E-state index contributed by atoms with van der Waals surface area (Å²) in [6, 6.07) is 22.6. The molecule has 1 fully saturated rings. The van der Waals surface area contributed by atoms with Gasteiger partial charge in [-0.1, -0.05) is 78.7 Å². The summed E-state index contributed by atoms with van der Waals surface area (Å²) in [6.07, 6.45) is 15.5. The molecule has 0 radical (unpaired) electrons. The Labute approximate surface area is 345 Å². The molecule has 1 saturated carbocycles. The lowest BCUT2D eigenvalue weighted by atomic mass is 9.56. The number of benzene rings is 3. The summed E-state index contributed by atoms with van der Waals surface area (Å²) in [7, 11) is 0. The maximum Gasteiger partial charge on any atom is 0.230 e. The van der Waals surface area contributed by atoms with Gasteiger partial charge in [-0.15, -0.1) is 6.58 Å². The predicted molar refractivity (Wildman–Crippen MR) is 225 cm³/mol. The van der Waals surface area contributed by atoms with Crippen molar-refractivity contribution in [1.82, 2.24) is 9.97 Å². The Kier molecular flexibility index (Phi) is 14.7. The predicted octanol–water partition coefficient (Wildman–Crippen LogP) is 9.00. The number of rotatable bonds is 21. The first-order chi connectivity index (χ1) is 28.5. The van der Waals surface area contributed by atoms with Gasteiger partial charge in [0.05, 0.1) is 29.2 Å². The fourth-order valence-corrected chi connectivity index (χ4v) is 10.2. The topological polar surface area (TPSA) is 116 Å². The molecule has 6 atom stereocenters. The first kappa shape index (κ1) is 41.6. The van der Waals surface area contributed by atoms with Gasteiger partial charge in [0.2, 0.25) is 5.79 Å². The summed E-state index contributed by atoms with van der Waals surface area (Å²) in [5.41, 5.74) is 5.36. The molecule has 306 valence electrons. The maximum absolute atomic E-state index is 14.7. The Morgan fingerprint density at radius 2 is 1.78 bits per heavy atom. The van der Waals surface area contributed by atoms with Crippen LogP contribution in [0.1, 0.15) is 73.2 Å². The molecule has 1 aliphatic heterocycles. The highest BCUT2D eigenvalue weighted by Gasteiger charge is 2.64. The third-order valence-electron chi connectivity index (χ3n) is 11.5. The van der Waals surface area contributed by atoms with Gasteiger partial charge in [-0.2, -0.15) is 11.8 Å². The molecular formula is C47H54FN3O6S. The molecule has 0 bridgehead atoms. The van der Waals surface area contributed by atoms with Crippen molar-refractivity contribution in [2.24, 2.45) is 22.9 Å². The summed E-state index contributed by atoms with van der Waals surface area (Å²) in [5.74, 6) is 0.616. The quantitative estimate of drug-likeness (QED) is 0.0484. The van der Waals surface area contributed by atoms with Crippen LogP contribution in [0.15, 0.2) is 121 Å². The number of nitrogens with zero attached hydrogens (tertiary/aromatic N) is 3. The summed E-state index contributed by atoms with van der Waals surface area (Å²) in [6.45, 7) is 5.00. The molecule has 0 saturated heterocycles. The van der Waals surface area contributed by atoms with Crippen LogP contribution in [-0.2, 0) is 29.2 Å². The zero-order valence-corrected chi connectivity index (χ0v) is 33.8. The Morgan fingerprint density at radius 3 is 2.55 bits per heavy atom. The van der Waals surface area contributed by atoms with Crippen LogP contribution in [0.25, 0.3) is 0 Å². The molecule has 6 unspecified atom stereocenters. The second-order valence-electron chi connectivity index (χ2n) is 15.2. The fraction of sp³-hybridized carbons (Fsp3) is 0.426. The van der Waals surface area contributed by atoms with E-state index in [-0.39, 0.29) is 61.2 Å². The molecule has 0 spiro atoms. The van der Waals surface area contributed by atoms with Crippen molar-refractivity contribution in [2.75, 3.05) is 25.6 Å². The van der Waals surface area contributed by atoms with Crippen molar-refractivity contribution < 1.29 is 33.7 Å². The standard InChI is InChI=1S/C47H54FN3O6S/c1-2-25-55-47-44(58-26-20-36-30-49-21-22-50-36)29-42(51-56-31-33-12-4-3-5-13-33)39-27-34(14-8-10-23-52)38(16-9-11-24-53)45(46(39)47)40-28-37(18-19-43(40)57-47)54-32-35-15-6-7-17-41(35)48/h2-7,12-13,15,17-19,21-22,27-28,30,34,38,44-46,52-53H,1,8-11,14,16,20,23-26,29,31-32H2. The minimum absolute atomic E-state index is 0.0850. The van der Waals surface area contributed by atoms with Gasteiger partial charge in [-0.25, -0.2) is 4.39 Å². The van der Waals surface area contributed by atoms with Crippen molar-refractivity contribution in [3.8, 4) is 11.5 Å². The molecule has 2 N–H and O–H groups in total. The summed E-state index contributed by atoms with van der Waals surface area (Å²) < 4.78 is 35.3. The number of unbranched alkanes of at least 4 members (excludes halogenated alkanes) is 2. The van der Waals surface area contributed by atoms with Gasteiger partial charge in [0.25, 0.3) is 0 Å². The molecule has 0 amide bonds. The molecule has 4 aromatic rings. The number of hydrogen-bond acceptors (Lipinski definition) is 10. The average molecular weight is 808 g/mol. The molecule has 9 nitrogen and oxygen atoms in total. The van der Waals surface area contributed by atoms with E-state index >= 15 is 0 Å². The number of oxime groups is 1. The van der Waals surface area contributed by atoms with Crippen molar-refractivity contribution >= 4 is 17.5 Å². The van der Waals surface area contributed by atoms with Gasteiger partial charge in [0.15, 0.2) is 0 Å². The van der Waals surface area contributed by atoms with Gasteiger partial charge < -0.3 is 29.3 Å². The molecule has 1 aromatic heterocycles. The number of fused-ring (bicyclic) bond motifs is 2. The van der Waals surface area contributed by atoms with Gasteiger partial charge in [0.1, 0.15) is 30.5 Å². The lowest BCUT2D eigenvalue weighted by Gasteiger charge is -2.58. The average Bonchev–Trinajstić information content (AvgIpc) is 3.25. The normalized spacial score (nSPS) is 23.9. The highest BCUT2D eigenvalue weighted by molar-refractivity contribution is 8.00. The Hall–Kier alpha value is -4.55. The van der Waals surface area contributed by atoms with Crippen LogP contribution in [0.4, 0.5) is 4.39 Å². The first-order valence-corrected chi connectivity index (χ1v) is 21.6. The molecule has 58 heavy (non-hydrogen) atoms. The Bertz CT molecular complexity index is 2000. The van der Waals surface area contributed by atoms with E-state index in [4.69, 9.17) is 24.2 Å². The van der Waals surface area contributed by atoms with Gasteiger partial charge in [-0.3, -0.25) is 9.97 Å². The van der Waals surface area contributed by atoms with E-state index in [9.17, 15) is 14.6 Å². The molecule has 3 aliphatic rings. The molecule has 3 aromatic carbocycles. The van der Waals surface area contributed by atoms with Crippen molar-refractivity contribution in [1.29, 1.82) is 0 Å². The van der Waals surface area contributed by atoms with E-state index in [1.165, 1.54) is 6.07 Å². The van der Waals surface area contributed by atoms with Crippen LogP contribution < -0.4 is 9.47 Å². The second-order valence-corrected chi connectivity index (χ2v) is 16.5. The van der Waals surface area contributed by atoms with Crippen molar-refractivity contribution in [2.45, 2.75) is 81.5 Å². The number of halogens is 1. The number of allylic oxidation sites excluding steroid dienone is 1. The number of aryl methyl sites for hydroxylation is 1. The largest absolute Gasteiger partial charge is 0.489 e. The number of ether oxygens (including phenoxy) is 3. The summed E-state index contributed by atoms with van der Waals surface area (Å²) >= 11 is 1.79. The second kappa shape index (κ2) is 20.4. The smallest absolute Gasteiger partial charge is 0.230 e. The van der Waals surface area contributed by atoms with Gasteiger partial charge in [-0.05, 0) is 78.7 Å². The van der Waals surface area contributed by atoms with Crippen LogP contribution in [0, 0.1) is 23.6 Å². The highest BCUT2D eigenvalue weighted by atomic mass is 32.2. The third kappa shape index (κ3) is 9.66. The van der Waals surface area contributed by atoms with E-state index in [0.29, 0.717) is 37.2 Å². The zero-order chi connectivity index (χ0) is 40.2. The number of aromatic nitrogens is 2. The minimum atomic E-state index is -1.09. The number of thioether (sulfide) groups is 1. The Balaban J connectivity index is 1.34. The SMILES string of the molecule is C=CCOC12Oc3ccc(OCc4ccccc4F)cc3C3C(CCCCO)C(CCCCO)C=C(C(=NOCc4ccccc4)CC1SCCc1cnccn1)C32. The Morgan fingerprint density at radius 1 is 0.966 bits per heavy atom. The minimum Gasteiger partial charge on any atom is -0.489 e. The molecule has 7 rings (SSSR count). The van der Waals surface area contributed by atoms with Crippen molar-refractivity contribution in [3.05, 3.63) is 144 Å². The third-order valence-corrected chi connectivity index (χ3v) is 12.9. The van der Waals surface area contributed by atoms with Crippen LogP contribution >= 0.6 is 11.8 Å². The van der Waals surface area contributed by atoms with E-state index < -0.39 is 5.79 Å². The zero-order valence-electron chi connectivity index (χ0n) is 33.0. The van der Waals surface area contributed by atoms with E-state index in [1.807, 2.05) is 48.5 Å². The number of aliphatic hydroxyl groups excluding tert-OH is 2. The van der Waals surface area contributed by atoms with Crippen molar-refractivity contribution in [3.63, 3.8) is 0 Å². The maximum atomic E-state index is 14.7. The molecule has 2 aliphatic carbocycles. The monoisotopic (exact) mass is 807 g/mol. The number of hydrogen-bond donors (Lipinski definition) is 2. The number of aliphatic hydroxyl groups is 2. The molecule has 11 heteroatoms. The van der Waals surface area contributed by atoms with Crippen LogP contribution in [0.3, 0.4) is 0 Å². The summed E-state index contributed by atoms with van der Waals surface area (Å²) in [4.78, 5) is 15.0. The lowest BCUT2D eigenvalue weighted by Crippen LogP contribution is -2.64. The van der Waals surface area contributed by atoms with E-state index in [0.717, 1.165) is 71.7 Å². The fourth-order valence-electron chi connectivity index (χ4n) is 8.87. The lowest BCUT2D eigenvalue weighted by molar-refractivity contribution is -0.223. The molecule has 2 heterocycles. The van der Waals surface area contributed by atoms with Gasteiger partial charge >= 0.3 is 0 Å². The first-order valence-electron chi connectivity index (χ1n) is 20.5. The summed E-state index contributed by atoms with van der Waals surface area (Å²) in [5, 5.41) is 24.5. The van der Waals surface area contributed by atoms with E-state index in [2.05, 4.69) is 28.7 Å². The molecular weight excluding hydrogens is 754 g/mol. The van der Waals surface area contributed by atoms with Gasteiger partial charge in [0, 0.05) is 61.7 Å². The van der Waals surface area contributed by atoms with Crippen LogP contribution in [0.2, 0.25) is 0 Å². The van der Waals surface area contributed by atoms with Crippen LogP contribution in [-0.4, -0.2) is 62.5 Å². The highest BCUT2D eigenvalue weighted by Crippen LogP contribution is 2.62. The van der Waals surface area contributed by atoms with Crippen LogP contribution in [0.5, 0.6) is 11.5 Å².